The summed E-state index contributed by atoms with van der Waals surface area (Å²) < 4.78 is 12.5. The topological polar surface area (TPSA) is 99.4 Å². The van der Waals surface area contributed by atoms with Gasteiger partial charge in [0.1, 0.15) is 11.2 Å². The summed E-state index contributed by atoms with van der Waals surface area (Å²) in [6, 6.07) is 15.3. The largest absolute Gasteiger partial charge is 0.481 e. The monoisotopic (exact) mass is 447 g/mol. The number of pyridine rings is 1. The molecule has 3 aromatic heterocycles. The molecule has 4 rings (SSSR count). The van der Waals surface area contributed by atoms with Crippen molar-refractivity contribution in [1.82, 2.24) is 19.4 Å². The molecule has 0 aliphatic rings. The maximum absolute atomic E-state index is 13.4. The van der Waals surface area contributed by atoms with Crippen LogP contribution in [-0.4, -0.2) is 39.6 Å². The number of methoxy groups -OCH3 is 1. The first-order chi connectivity index (χ1) is 16.1. The first-order valence-electron chi connectivity index (χ1n) is 11.1. The molecule has 172 valence electrons. The minimum Gasteiger partial charge on any atom is -0.481 e. The fourth-order valence-corrected chi connectivity index (χ4v) is 4.11. The lowest BCUT2D eigenvalue weighted by Gasteiger charge is -2.31. The highest BCUT2D eigenvalue weighted by molar-refractivity contribution is 5.71. The summed E-state index contributed by atoms with van der Waals surface area (Å²) in [7, 11) is 1.60. The van der Waals surface area contributed by atoms with Gasteiger partial charge in [0, 0.05) is 31.9 Å². The van der Waals surface area contributed by atoms with Crippen molar-refractivity contribution in [3.8, 4) is 5.88 Å². The van der Waals surface area contributed by atoms with Crippen molar-refractivity contribution >= 4 is 11.1 Å². The molecule has 0 radical (unpaired) electrons. The number of ether oxygens (including phenoxy) is 1. The second-order valence-electron chi connectivity index (χ2n) is 7.88. The molecule has 3 heterocycles. The molecule has 1 atom stereocenters. The van der Waals surface area contributed by atoms with Crippen LogP contribution in [0.25, 0.3) is 11.1 Å². The SMILES string of the molecule is CCC(c1nc2occc2c(=O)n1Cc1ccccc1)N(CCN)Cc1ccc(OC)nc1. The summed E-state index contributed by atoms with van der Waals surface area (Å²) in [5.41, 5.74) is 8.29. The zero-order valence-electron chi connectivity index (χ0n) is 19.0. The summed E-state index contributed by atoms with van der Waals surface area (Å²) in [6.45, 7) is 4.25. The van der Waals surface area contributed by atoms with Crippen LogP contribution in [0.4, 0.5) is 0 Å². The van der Waals surface area contributed by atoms with Gasteiger partial charge in [-0.1, -0.05) is 43.3 Å². The van der Waals surface area contributed by atoms with E-state index in [0.717, 1.165) is 17.5 Å². The molecular formula is C25H29N5O3. The van der Waals surface area contributed by atoms with Crippen LogP contribution in [0.5, 0.6) is 5.88 Å². The maximum atomic E-state index is 13.4. The Labute approximate surface area is 192 Å². The van der Waals surface area contributed by atoms with E-state index in [2.05, 4.69) is 16.8 Å². The summed E-state index contributed by atoms with van der Waals surface area (Å²) in [6.07, 6.45) is 4.06. The Morgan fingerprint density at radius 2 is 1.97 bits per heavy atom. The minimum absolute atomic E-state index is 0.107. The van der Waals surface area contributed by atoms with Gasteiger partial charge < -0.3 is 14.9 Å². The molecule has 33 heavy (non-hydrogen) atoms. The summed E-state index contributed by atoms with van der Waals surface area (Å²) >= 11 is 0. The average Bonchev–Trinajstić information content (AvgIpc) is 3.32. The van der Waals surface area contributed by atoms with Crippen LogP contribution in [0.2, 0.25) is 0 Å². The van der Waals surface area contributed by atoms with E-state index in [9.17, 15) is 4.79 Å². The van der Waals surface area contributed by atoms with E-state index in [0.29, 0.717) is 49.0 Å². The normalized spacial score (nSPS) is 12.4. The highest BCUT2D eigenvalue weighted by atomic mass is 16.5. The highest BCUT2D eigenvalue weighted by Crippen LogP contribution is 2.26. The van der Waals surface area contributed by atoms with Crippen molar-refractivity contribution in [2.24, 2.45) is 5.73 Å². The van der Waals surface area contributed by atoms with Gasteiger partial charge in [0.15, 0.2) is 0 Å². The predicted octanol–water partition coefficient (Wildman–Crippen LogP) is 3.35. The Balaban J connectivity index is 1.76. The van der Waals surface area contributed by atoms with Crippen LogP contribution in [0.1, 0.15) is 36.3 Å². The number of furan rings is 1. The molecule has 1 aromatic carbocycles. The van der Waals surface area contributed by atoms with E-state index in [1.54, 1.807) is 23.9 Å². The zero-order chi connectivity index (χ0) is 23.2. The quantitative estimate of drug-likeness (QED) is 0.398. The summed E-state index contributed by atoms with van der Waals surface area (Å²) in [5, 5.41) is 0.481. The van der Waals surface area contributed by atoms with Gasteiger partial charge in [-0.25, -0.2) is 4.98 Å². The van der Waals surface area contributed by atoms with Crippen LogP contribution in [-0.2, 0) is 13.1 Å². The summed E-state index contributed by atoms with van der Waals surface area (Å²) in [5.74, 6) is 1.24. The fourth-order valence-electron chi connectivity index (χ4n) is 4.11. The first kappa shape index (κ1) is 22.7. The summed E-state index contributed by atoms with van der Waals surface area (Å²) in [4.78, 5) is 24.8. The molecule has 4 aromatic rings. The smallest absolute Gasteiger partial charge is 0.265 e. The molecule has 2 N–H and O–H groups in total. The van der Waals surface area contributed by atoms with Gasteiger partial charge in [-0.3, -0.25) is 14.3 Å². The minimum atomic E-state index is -0.137. The Morgan fingerprint density at radius 1 is 1.15 bits per heavy atom. The van der Waals surface area contributed by atoms with Crippen LogP contribution < -0.4 is 16.0 Å². The van der Waals surface area contributed by atoms with Crippen molar-refractivity contribution in [1.29, 1.82) is 0 Å². The Kier molecular flexibility index (Phi) is 7.16. The third-order valence-corrected chi connectivity index (χ3v) is 5.73. The highest BCUT2D eigenvalue weighted by Gasteiger charge is 2.26. The van der Waals surface area contributed by atoms with Crippen molar-refractivity contribution < 1.29 is 9.15 Å². The van der Waals surface area contributed by atoms with Gasteiger partial charge in [-0.2, -0.15) is 4.98 Å². The zero-order valence-corrected chi connectivity index (χ0v) is 19.0. The fraction of sp³-hybridized carbons (Fsp3) is 0.320. The van der Waals surface area contributed by atoms with Gasteiger partial charge in [-0.05, 0) is 23.6 Å². The number of benzene rings is 1. The van der Waals surface area contributed by atoms with Gasteiger partial charge in [-0.15, -0.1) is 0 Å². The van der Waals surface area contributed by atoms with Crippen molar-refractivity contribution in [2.45, 2.75) is 32.5 Å². The van der Waals surface area contributed by atoms with Crippen molar-refractivity contribution in [2.75, 3.05) is 20.2 Å². The van der Waals surface area contributed by atoms with Crippen molar-refractivity contribution in [3.05, 3.63) is 88.3 Å². The molecule has 0 fully saturated rings. The van der Waals surface area contributed by atoms with Gasteiger partial charge >= 0.3 is 0 Å². The molecule has 0 spiro atoms. The van der Waals surface area contributed by atoms with Crippen LogP contribution in [0, 0.1) is 0 Å². The molecular weight excluding hydrogens is 418 g/mol. The molecule has 8 nitrogen and oxygen atoms in total. The number of rotatable bonds is 10. The van der Waals surface area contributed by atoms with E-state index in [4.69, 9.17) is 19.9 Å². The van der Waals surface area contributed by atoms with E-state index in [1.165, 1.54) is 6.26 Å². The van der Waals surface area contributed by atoms with E-state index in [-0.39, 0.29) is 11.6 Å². The van der Waals surface area contributed by atoms with Crippen LogP contribution in [0.3, 0.4) is 0 Å². The third kappa shape index (κ3) is 4.97. The Bertz CT molecular complexity index is 1230. The number of aromatic nitrogens is 3. The molecule has 0 saturated carbocycles. The van der Waals surface area contributed by atoms with Crippen molar-refractivity contribution in [3.63, 3.8) is 0 Å². The van der Waals surface area contributed by atoms with Gasteiger partial charge in [0.25, 0.3) is 5.56 Å². The lowest BCUT2D eigenvalue weighted by Crippen LogP contribution is -2.37. The van der Waals surface area contributed by atoms with E-state index in [1.807, 2.05) is 42.5 Å². The standard InChI is InChI=1S/C25H29N5O3/c1-3-21(29(13-12-26)16-19-9-10-22(32-2)27-15-19)23-28-24-20(11-14-33-24)25(31)30(23)17-18-7-5-4-6-8-18/h4-11,14-15,21H,3,12-13,16-17,26H2,1-2H3. The Morgan fingerprint density at radius 3 is 2.64 bits per heavy atom. The number of nitrogens with two attached hydrogens (primary N) is 1. The molecule has 0 aliphatic carbocycles. The van der Waals surface area contributed by atoms with Gasteiger partial charge in [0.2, 0.25) is 11.6 Å². The lowest BCUT2D eigenvalue weighted by atomic mass is 10.1. The second-order valence-corrected chi connectivity index (χ2v) is 7.88. The molecule has 0 amide bonds. The number of fused-ring (bicyclic) bond motifs is 1. The molecule has 1 unspecified atom stereocenters. The maximum Gasteiger partial charge on any atom is 0.265 e. The number of hydrogen-bond donors (Lipinski definition) is 1. The number of hydrogen-bond acceptors (Lipinski definition) is 7. The van der Waals surface area contributed by atoms with Crippen LogP contribution in [0.15, 0.2) is 70.2 Å². The number of nitrogens with zero attached hydrogens (tertiary/aromatic N) is 4. The third-order valence-electron chi connectivity index (χ3n) is 5.73. The molecule has 0 saturated heterocycles. The predicted molar refractivity (Wildman–Crippen MR) is 127 cm³/mol. The molecule has 8 heteroatoms. The van der Waals surface area contributed by atoms with E-state index < -0.39 is 0 Å². The average molecular weight is 448 g/mol. The molecule has 0 bridgehead atoms. The Hall–Kier alpha value is -3.49. The van der Waals surface area contributed by atoms with Crippen LogP contribution >= 0.6 is 0 Å². The van der Waals surface area contributed by atoms with E-state index >= 15 is 0 Å². The van der Waals surface area contributed by atoms with Gasteiger partial charge in [0.05, 0.1) is 26.0 Å². The second kappa shape index (κ2) is 10.4. The lowest BCUT2D eigenvalue weighted by molar-refractivity contribution is 0.175. The first-order valence-corrected chi connectivity index (χ1v) is 11.1. The molecule has 0 aliphatic heterocycles.